The van der Waals surface area contributed by atoms with Gasteiger partial charge in [-0.2, -0.15) is 5.10 Å². The molecule has 1 aliphatic carbocycles. The number of hydrogen-bond donors (Lipinski definition) is 1. The number of aliphatic hydroxyl groups excluding tert-OH is 1. The lowest BCUT2D eigenvalue weighted by molar-refractivity contribution is 0.137. The number of methoxy groups -OCH3 is 1. The molecule has 1 aromatic heterocycles. The van der Waals surface area contributed by atoms with Crippen molar-refractivity contribution in [2.24, 2.45) is 5.92 Å². The topological polar surface area (TPSA) is 47.3 Å². The molecule has 0 radical (unpaired) electrons. The third-order valence-electron chi connectivity index (χ3n) is 2.86. The summed E-state index contributed by atoms with van der Waals surface area (Å²) in [4.78, 5) is 0. The highest BCUT2D eigenvalue weighted by Crippen LogP contribution is 2.43. The van der Waals surface area contributed by atoms with E-state index in [9.17, 15) is 5.11 Å². The van der Waals surface area contributed by atoms with Crippen LogP contribution in [0.3, 0.4) is 0 Å². The van der Waals surface area contributed by atoms with Gasteiger partial charge in [-0.05, 0) is 32.6 Å². The van der Waals surface area contributed by atoms with Crippen LogP contribution < -0.4 is 4.74 Å². The van der Waals surface area contributed by atoms with Crippen LogP contribution in [-0.4, -0.2) is 22.0 Å². The summed E-state index contributed by atoms with van der Waals surface area (Å²) in [5, 5.41) is 14.4. The summed E-state index contributed by atoms with van der Waals surface area (Å²) in [5.74, 6) is 1.09. The largest absolute Gasteiger partial charge is 0.493 e. The highest BCUT2D eigenvalue weighted by Gasteiger charge is 2.35. The van der Waals surface area contributed by atoms with Crippen molar-refractivity contribution < 1.29 is 9.84 Å². The van der Waals surface area contributed by atoms with Gasteiger partial charge < -0.3 is 9.84 Å². The average Bonchev–Trinajstić information content (AvgIpc) is 2.95. The lowest BCUT2D eigenvalue weighted by Crippen LogP contribution is -2.13. The molecule has 1 aliphatic rings. The molecule has 1 unspecified atom stereocenters. The molecule has 1 heterocycles. The van der Waals surface area contributed by atoms with Gasteiger partial charge >= 0.3 is 0 Å². The minimum Gasteiger partial charge on any atom is -0.493 e. The van der Waals surface area contributed by atoms with Gasteiger partial charge in [-0.1, -0.05) is 0 Å². The molecular formula is C11H18N2O2. The Labute approximate surface area is 89.9 Å². The van der Waals surface area contributed by atoms with Crippen LogP contribution in [0.4, 0.5) is 0 Å². The SMILES string of the molecule is COc1cnn(C(C)C)c1C(O)C1CC1. The Kier molecular flexibility index (Phi) is 2.69. The molecule has 0 bridgehead atoms. The van der Waals surface area contributed by atoms with Gasteiger partial charge in [-0.25, -0.2) is 0 Å². The number of hydrogen-bond acceptors (Lipinski definition) is 3. The van der Waals surface area contributed by atoms with Crippen molar-refractivity contribution in [1.29, 1.82) is 0 Å². The fourth-order valence-corrected chi connectivity index (χ4v) is 1.84. The van der Waals surface area contributed by atoms with Crippen molar-refractivity contribution >= 4 is 0 Å². The van der Waals surface area contributed by atoms with Crippen molar-refractivity contribution in [1.82, 2.24) is 9.78 Å². The molecule has 1 atom stereocenters. The Hall–Kier alpha value is -1.03. The van der Waals surface area contributed by atoms with Gasteiger partial charge in [0.25, 0.3) is 0 Å². The lowest BCUT2D eigenvalue weighted by atomic mass is 10.1. The molecule has 1 saturated carbocycles. The Bertz CT molecular complexity index is 342. The minimum absolute atomic E-state index is 0.247. The first kappa shape index (κ1) is 10.5. The summed E-state index contributed by atoms with van der Waals surface area (Å²) in [5.41, 5.74) is 0.829. The summed E-state index contributed by atoms with van der Waals surface area (Å²) < 4.78 is 7.08. The van der Waals surface area contributed by atoms with E-state index in [0.717, 1.165) is 18.5 Å². The van der Waals surface area contributed by atoms with Crippen molar-refractivity contribution in [2.75, 3.05) is 7.11 Å². The van der Waals surface area contributed by atoms with Crippen LogP contribution in [0.5, 0.6) is 5.75 Å². The molecule has 0 saturated heterocycles. The molecule has 2 rings (SSSR count). The van der Waals surface area contributed by atoms with Gasteiger partial charge in [-0.3, -0.25) is 4.68 Å². The first-order chi connectivity index (χ1) is 7.15. The smallest absolute Gasteiger partial charge is 0.162 e. The quantitative estimate of drug-likeness (QED) is 0.825. The van der Waals surface area contributed by atoms with E-state index in [2.05, 4.69) is 18.9 Å². The Morgan fingerprint density at radius 3 is 2.67 bits per heavy atom. The van der Waals surface area contributed by atoms with E-state index in [1.807, 2.05) is 4.68 Å². The standard InChI is InChI=1S/C11H18N2O2/c1-7(2)13-10(9(15-3)6-12-13)11(14)8-4-5-8/h6-8,11,14H,4-5H2,1-3H3. The second-order valence-corrected chi connectivity index (χ2v) is 4.42. The first-order valence-corrected chi connectivity index (χ1v) is 5.44. The molecule has 4 heteroatoms. The molecule has 4 nitrogen and oxygen atoms in total. The predicted octanol–water partition coefficient (Wildman–Crippen LogP) is 1.92. The summed E-state index contributed by atoms with van der Waals surface area (Å²) in [7, 11) is 1.62. The molecular weight excluding hydrogens is 192 g/mol. The summed E-state index contributed by atoms with van der Waals surface area (Å²) in [6, 6.07) is 0.247. The van der Waals surface area contributed by atoms with E-state index < -0.39 is 6.10 Å². The molecule has 0 aromatic carbocycles. The predicted molar refractivity (Wildman–Crippen MR) is 56.8 cm³/mol. The van der Waals surface area contributed by atoms with Gasteiger partial charge in [-0.15, -0.1) is 0 Å². The van der Waals surface area contributed by atoms with Crippen molar-refractivity contribution in [3.05, 3.63) is 11.9 Å². The molecule has 0 amide bonds. The van der Waals surface area contributed by atoms with E-state index in [4.69, 9.17) is 4.74 Å². The minimum atomic E-state index is -0.426. The fraction of sp³-hybridized carbons (Fsp3) is 0.727. The highest BCUT2D eigenvalue weighted by molar-refractivity contribution is 5.28. The maximum atomic E-state index is 10.2. The Balaban J connectivity index is 2.35. The fourth-order valence-electron chi connectivity index (χ4n) is 1.84. The normalized spacial score (nSPS) is 18.2. The number of nitrogens with zero attached hydrogens (tertiary/aromatic N) is 2. The number of ether oxygens (including phenoxy) is 1. The monoisotopic (exact) mass is 210 g/mol. The third kappa shape index (κ3) is 1.86. The van der Waals surface area contributed by atoms with Crippen LogP contribution in [0.25, 0.3) is 0 Å². The molecule has 0 spiro atoms. The molecule has 15 heavy (non-hydrogen) atoms. The first-order valence-electron chi connectivity index (χ1n) is 5.44. The highest BCUT2D eigenvalue weighted by atomic mass is 16.5. The molecule has 1 aromatic rings. The maximum absolute atomic E-state index is 10.2. The van der Waals surface area contributed by atoms with E-state index in [1.54, 1.807) is 13.3 Å². The second kappa shape index (κ2) is 3.85. The van der Waals surface area contributed by atoms with Gasteiger partial charge in [0.1, 0.15) is 11.8 Å². The van der Waals surface area contributed by atoms with Crippen molar-refractivity contribution in [2.45, 2.75) is 38.8 Å². The van der Waals surface area contributed by atoms with Crippen LogP contribution >= 0.6 is 0 Å². The lowest BCUT2D eigenvalue weighted by Gasteiger charge is -2.16. The van der Waals surface area contributed by atoms with Crippen LogP contribution in [0.2, 0.25) is 0 Å². The maximum Gasteiger partial charge on any atom is 0.162 e. The molecule has 1 fully saturated rings. The molecule has 84 valence electrons. The van der Waals surface area contributed by atoms with E-state index in [1.165, 1.54) is 0 Å². The number of aliphatic hydroxyl groups is 1. The Morgan fingerprint density at radius 1 is 1.53 bits per heavy atom. The molecule has 1 N–H and O–H groups in total. The summed E-state index contributed by atoms with van der Waals surface area (Å²) >= 11 is 0. The number of aromatic nitrogens is 2. The summed E-state index contributed by atoms with van der Waals surface area (Å²) in [6.45, 7) is 4.10. The third-order valence-corrected chi connectivity index (χ3v) is 2.86. The zero-order valence-corrected chi connectivity index (χ0v) is 9.47. The van der Waals surface area contributed by atoms with Crippen molar-refractivity contribution in [3.8, 4) is 5.75 Å². The van der Waals surface area contributed by atoms with Crippen LogP contribution in [-0.2, 0) is 0 Å². The second-order valence-electron chi connectivity index (χ2n) is 4.42. The Morgan fingerprint density at radius 2 is 2.20 bits per heavy atom. The van der Waals surface area contributed by atoms with Crippen LogP contribution in [0.1, 0.15) is 44.5 Å². The molecule has 0 aliphatic heterocycles. The van der Waals surface area contributed by atoms with Gasteiger partial charge in [0.2, 0.25) is 0 Å². The van der Waals surface area contributed by atoms with E-state index in [0.29, 0.717) is 11.7 Å². The van der Waals surface area contributed by atoms with Gasteiger partial charge in [0.15, 0.2) is 5.75 Å². The summed E-state index contributed by atoms with van der Waals surface area (Å²) in [6.07, 6.45) is 3.46. The van der Waals surface area contributed by atoms with Gasteiger partial charge in [0, 0.05) is 6.04 Å². The van der Waals surface area contributed by atoms with Crippen LogP contribution in [0, 0.1) is 5.92 Å². The zero-order chi connectivity index (χ0) is 11.0. The zero-order valence-electron chi connectivity index (χ0n) is 9.47. The van der Waals surface area contributed by atoms with Crippen molar-refractivity contribution in [3.63, 3.8) is 0 Å². The van der Waals surface area contributed by atoms with E-state index >= 15 is 0 Å². The van der Waals surface area contributed by atoms with Gasteiger partial charge in [0.05, 0.1) is 13.3 Å². The average molecular weight is 210 g/mol. The number of rotatable bonds is 4. The van der Waals surface area contributed by atoms with Crippen LogP contribution in [0.15, 0.2) is 6.20 Å². The van der Waals surface area contributed by atoms with E-state index in [-0.39, 0.29) is 6.04 Å².